The van der Waals surface area contributed by atoms with E-state index in [2.05, 4.69) is 17.1 Å². The second kappa shape index (κ2) is 10.7. The molecule has 1 aromatic carbocycles. The molecule has 156 valence electrons. The molecule has 0 unspecified atom stereocenters. The van der Waals surface area contributed by atoms with E-state index in [0.717, 1.165) is 82.7 Å². The molecule has 2 aliphatic heterocycles. The minimum absolute atomic E-state index is 0.00353. The number of nitrogens with zero attached hydrogens (tertiary/aromatic N) is 2. The van der Waals surface area contributed by atoms with Crippen LogP contribution in [0.1, 0.15) is 45.4 Å². The van der Waals surface area contributed by atoms with Gasteiger partial charge in [0.2, 0.25) is 0 Å². The van der Waals surface area contributed by atoms with E-state index in [1.807, 2.05) is 36.3 Å². The Morgan fingerprint density at radius 2 is 1.75 bits per heavy atom. The predicted octanol–water partition coefficient (Wildman–Crippen LogP) is 3.97. The molecule has 6 nitrogen and oxygen atoms in total. The number of hydrogen-bond acceptors (Lipinski definition) is 4. The number of carbonyl (C=O) groups excluding carboxylic acids is 1. The molecule has 0 aliphatic carbocycles. The molecule has 3 rings (SSSR count). The summed E-state index contributed by atoms with van der Waals surface area (Å²) < 4.78 is 11.1. The summed E-state index contributed by atoms with van der Waals surface area (Å²) in [5, 5.41) is 3.02. The van der Waals surface area contributed by atoms with Gasteiger partial charge in [-0.1, -0.05) is 13.3 Å². The number of benzene rings is 1. The van der Waals surface area contributed by atoms with Crippen molar-refractivity contribution in [3.05, 3.63) is 24.3 Å². The van der Waals surface area contributed by atoms with Crippen LogP contribution in [0.25, 0.3) is 0 Å². The van der Waals surface area contributed by atoms with Gasteiger partial charge in [-0.25, -0.2) is 4.79 Å². The highest BCUT2D eigenvalue weighted by molar-refractivity contribution is 5.89. The summed E-state index contributed by atoms with van der Waals surface area (Å²) in [6.45, 7) is 6.75. The normalized spacial score (nSPS) is 19.6. The number of amides is 2. The molecule has 6 heteroatoms. The minimum Gasteiger partial charge on any atom is -0.494 e. The van der Waals surface area contributed by atoms with E-state index in [9.17, 15) is 4.79 Å². The molecule has 0 atom stereocenters. The van der Waals surface area contributed by atoms with Crippen molar-refractivity contribution in [1.29, 1.82) is 0 Å². The summed E-state index contributed by atoms with van der Waals surface area (Å²) in [5.41, 5.74) is 0.816. The van der Waals surface area contributed by atoms with Crippen LogP contribution < -0.4 is 10.1 Å². The van der Waals surface area contributed by atoms with Crippen molar-refractivity contribution in [1.82, 2.24) is 9.80 Å². The fraction of sp³-hybridized carbons (Fsp3) is 0.682. The highest BCUT2D eigenvalue weighted by atomic mass is 16.5. The Labute approximate surface area is 169 Å². The van der Waals surface area contributed by atoms with Gasteiger partial charge in [-0.05, 0) is 56.4 Å². The fourth-order valence-corrected chi connectivity index (χ4v) is 4.08. The first-order valence-corrected chi connectivity index (χ1v) is 10.7. The number of ether oxygens (including phenoxy) is 2. The first-order valence-electron chi connectivity index (χ1n) is 10.7. The molecule has 28 heavy (non-hydrogen) atoms. The molecule has 0 aromatic heterocycles. The zero-order valence-electron chi connectivity index (χ0n) is 17.4. The first kappa shape index (κ1) is 20.9. The van der Waals surface area contributed by atoms with E-state index >= 15 is 0 Å². The number of piperidine rings is 2. The van der Waals surface area contributed by atoms with Crippen LogP contribution in [0.5, 0.6) is 5.75 Å². The summed E-state index contributed by atoms with van der Waals surface area (Å²) >= 11 is 0. The average Bonchev–Trinajstić information content (AvgIpc) is 2.75. The van der Waals surface area contributed by atoms with Gasteiger partial charge in [-0.15, -0.1) is 0 Å². The van der Waals surface area contributed by atoms with Crippen molar-refractivity contribution in [3.8, 4) is 5.75 Å². The maximum absolute atomic E-state index is 12.6. The van der Waals surface area contributed by atoms with Gasteiger partial charge in [-0.2, -0.15) is 0 Å². The molecule has 0 radical (unpaired) electrons. The Kier molecular flexibility index (Phi) is 7.98. The summed E-state index contributed by atoms with van der Waals surface area (Å²) in [5.74, 6) is 0.851. The summed E-state index contributed by atoms with van der Waals surface area (Å²) in [4.78, 5) is 17.1. The molecule has 2 heterocycles. The number of nitrogens with one attached hydrogen (secondary N) is 1. The second-order valence-electron chi connectivity index (χ2n) is 7.85. The van der Waals surface area contributed by atoms with Gasteiger partial charge in [0.1, 0.15) is 5.75 Å². The molecule has 2 fully saturated rings. The Morgan fingerprint density at radius 3 is 2.36 bits per heavy atom. The van der Waals surface area contributed by atoms with Crippen LogP contribution in [0.2, 0.25) is 0 Å². The van der Waals surface area contributed by atoms with Crippen LogP contribution in [0.4, 0.5) is 10.5 Å². The zero-order valence-corrected chi connectivity index (χ0v) is 17.4. The number of urea groups is 1. The van der Waals surface area contributed by atoms with Crippen molar-refractivity contribution < 1.29 is 14.3 Å². The molecule has 0 spiro atoms. The second-order valence-corrected chi connectivity index (χ2v) is 7.85. The summed E-state index contributed by atoms with van der Waals surface area (Å²) in [7, 11) is 1.81. The number of methoxy groups -OCH3 is 1. The van der Waals surface area contributed by atoms with E-state index in [1.54, 1.807) is 0 Å². The third-order valence-corrected chi connectivity index (χ3v) is 5.95. The number of hydrogen-bond donors (Lipinski definition) is 1. The topological polar surface area (TPSA) is 54.0 Å². The Morgan fingerprint density at radius 1 is 1.07 bits per heavy atom. The Balaban J connectivity index is 1.40. The van der Waals surface area contributed by atoms with Crippen LogP contribution >= 0.6 is 0 Å². The molecule has 2 saturated heterocycles. The van der Waals surface area contributed by atoms with Gasteiger partial charge < -0.3 is 24.6 Å². The molecule has 0 saturated carbocycles. The monoisotopic (exact) mass is 389 g/mol. The van der Waals surface area contributed by atoms with Gasteiger partial charge in [0.05, 0.1) is 12.7 Å². The van der Waals surface area contributed by atoms with E-state index < -0.39 is 0 Å². The molecule has 0 bridgehead atoms. The quantitative estimate of drug-likeness (QED) is 0.717. The smallest absolute Gasteiger partial charge is 0.321 e. The standard InChI is InChI=1S/C22H35N3O3/c1-3-4-17-28-21-7-5-18(6-8-21)23-22(26)25-13-9-19(10-14-25)24-15-11-20(27-2)12-16-24/h5-8,19-20H,3-4,9-17H2,1-2H3,(H,23,26). The minimum atomic E-state index is -0.00353. The molecule has 1 aromatic rings. The summed E-state index contributed by atoms with van der Waals surface area (Å²) in [6, 6.07) is 8.25. The third-order valence-electron chi connectivity index (χ3n) is 5.95. The number of anilines is 1. The van der Waals surface area contributed by atoms with Crippen LogP contribution in [-0.2, 0) is 4.74 Å². The number of carbonyl (C=O) groups is 1. The SMILES string of the molecule is CCCCOc1ccc(NC(=O)N2CCC(N3CCC(OC)CC3)CC2)cc1. The first-order chi connectivity index (χ1) is 13.7. The lowest BCUT2D eigenvalue weighted by Gasteiger charge is -2.41. The molecular formula is C22H35N3O3. The van der Waals surface area contributed by atoms with Gasteiger partial charge in [0.25, 0.3) is 0 Å². The van der Waals surface area contributed by atoms with Crippen molar-refractivity contribution in [2.45, 2.75) is 57.6 Å². The lowest BCUT2D eigenvalue weighted by molar-refractivity contribution is 0.0173. The van der Waals surface area contributed by atoms with Crippen molar-refractivity contribution >= 4 is 11.7 Å². The highest BCUT2D eigenvalue weighted by Gasteiger charge is 2.29. The van der Waals surface area contributed by atoms with Crippen LogP contribution in [-0.4, -0.2) is 67.9 Å². The van der Waals surface area contributed by atoms with E-state index in [0.29, 0.717) is 12.1 Å². The van der Waals surface area contributed by atoms with E-state index in [1.165, 1.54) is 0 Å². The van der Waals surface area contributed by atoms with Gasteiger partial charge in [0, 0.05) is 45.0 Å². The zero-order chi connectivity index (χ0) is 19.8. The van der Waals surface area contributed by atoms with Crippen LogP contribution in [0.15, 0.2) is 24.3 Å². The largest absolute Gasteiger partial charge is 0.494 e. The average molecular weight is 390 g/mol. The number of unbranched alkanes of at least 4 members (excludes halogenated alkanes) is 1. The fourth-order valence-electron chi connectivity index (χ4n) is 4.08. The van der Waals surface area contributed by atoms with E-state index in [-0.39, 0.29) is 6.03 Å². The Hall–Kier alpha value is -1.79. The maximum atomic E-state index is 12.6. The van der Waals surface area contributed by atoms with Crippen LogP contribution in [0, 0.1) is 0 Å². The van der Waals surface area contributed by atoms with E-state index in [4.69, 9.17) is 9.47 Å². The lowest BCUT2D eigenvalue weighted by atomic mass is 9.99. The Bertz CT molecular complexity index is 592. The van der Waals surface area contributed by atoms with Crippen molar-refractivity contribution in [3.63, 3.8) is 0 Å². The van der Waals surface area contributed by atoms with Gasteiger partial charge >= 0.3 is 6.03 Å². The van der Waals surface area contributed by atoms with Crippen LogP contribution in [0.3, 0.4) is 0 Å². The van der Waals surface area contributed by atoms with Crippen molar-refractivity contribution in [2.24, 2.45) is 0 Å². The third kappa shape index (κ3) is 5.85. The molecule has 2 aliphatic rings. The van der Waals surface area contributed by atoms with Crippen molar-refractivity contribution in [2.75, 3.05) is 45.2 Å². The highest BCUT2D eigenvalue weighted by Crippen LogP contribution is 2.23. The molecular weight excluding hydrogens is 354 g/mol. The number of rotatable bonds is 7. The lowest BCUT2D eigenvalue weighted by Crippen LogP contribution is -2.50. The summed E-state index contributed by atoms with van der Waals surface area (Å²) in [6.07, 6.45) is 6.94. The van der Waals surface area contributed by atoms with Gasteiger partial charge in [-0.3, -0.25) is 0 Å². The van der Waals surface area contributed by atoms with Gasteiger partial charge in [0.15, 0.2) is 0 Å². The molecule has 2 amide bonds. The number of likely N-dealkylation sites (tertiary alicyclic amines) is 2. The predicted molar refractivity (Wildman–Crippen MR) is 112 cm³/mol. The molecule has 1 N–H and O–H groups in total. The maximum Gasteiger partial charge on any atom is 0.321 e.